The van der Waals surface area contributed by atoms with Gasteiger partial charge >= 0.3 is 0 Å². The topological polar surface area (TPSA) is 73.9 Å². The maximum absolute atomic E-state index is 10.1. The van der Waals surface area contributed by atoms with E-state index in [1.807, 2.05) is 19.0 Å². The van der Waals surface area contributed by atoms with Crippen molar-refractivity contribution in [2.24, 2.45) is 10.7 Å². The summed E-state index contributed by atoms with van der Waals surface area (Å²) in [7, 11) is 3.86. The van der Waals surface area contributed by atoms with Crippen LogP contribution in [0.25, 0.3) is 0 Å². The summed E-state index contributed by atoms with van der Waals surface area (Å²) >= 11 is 0. The third kappa shape index (κ3) is 5.89. The van der Waals surface area contributed by atoms with Crippen LogP contribution in [0.1, 0.15) is 32.6 Å². The van der Waals surface area contributed by atoms with Crippen LogP contribution in [0.3, 0.4) is 0 Å². The van der Waals surface area contributed by atoms with Gasteiger partial charge in [0.1, 0.15) is 0 Å². The van der Waals surface area contributed by atoms with Crippen LogP contribution in [0, 0.1) is 0 Å². The molecule has 0 bridgehead atoms. The molecule has 4 N–H and O–H groups in total. The molecule has 0 saturated heterocycles. The fourth-order valence-electron chi connectivity index (χ4n) is 2.31. The molecule has 0 spiro atoms. The average molecular weight is 242 g/mol. The summed E-state index contributed by atoms with van der Waals surface area (Å²) in [5.74, 6) is 0.455. The number of hydrogen-bond acceptors (Lipinski definition) is 3. The monoisotopic (exact) mass is 242 g/mol. The van der Waals surface area contributed by atoms with E-state index in [2.05, 4.69) is 10.3 Å². The Morgan fingerprint density at radius 3 is 2.59 bits per heavy atom. The van der Waals surface area contributed by atoms with Gasteiger partial charge in [-0.3, -0.25) is 4.99 Å². The summed E-state index contributed by atoms with van der Waals surface area (Å²) in [4.78, 5) is 6.16. The fraction of sp³-hybridized carbons (Fsp3) is 0.917. The molecule has 17 heavy (non-hydrogen) atoms. The van der Waals surface area contributed by atoms with Crippen LogP contribution in [-0.2, 0) is 0 Å². The van der Waals surface area contributed by atoms with Crippen molar-refractivity contribution in [1.29, 1.82) is 0 Å². The van der Waals surface area contributed by atoms with Gasteiger partial charge in [-0.05, 0) is 33.9 Å². The lowest BCUT2D eigenvalue weighted by molar-refractivity contribution is 0.0424. The highest BCUT2D eigenvalue weighted by Gasteiger charge is 2.21. The quantitative estimate of drug-likeness (QED) is 0.474. The number of hydrogen-bond donors (Lipinski definition) is 3. The molecule has 1 atom stereocenters. The van der Waals surface area contributed by atoms with Gasteiger partial charge in [-0.2, -0.15) is 0 Å². The smallest absolute Gasteiger partial charge is 0.188 e. The van der Waals surface area contributed by atoms with Crippen molar-refractivity contribution < 1.29 is 5.11 Å². The van der Waals surface area contributed by atoms with Crippen LogP contribution < -0.4 is 11.1 Å². The van der Waals surface area contributed by atoms with E-state index in [4.69, 9.17) is 5.73 Å². The molecule has 5 heteroatoms. The highest BCUT2D eigenvalue weighted by molar-refractivity contribution is 5.78. The predicted octanol–water partition coefficient (Wildman–Crippen LogP) is 0.146. The van der Waals surface area contributed by atoms with Gasteiger partial charge in [-0.25, -0.2) is 0 Å². The van der Waals surface area contributed by atoms with Gasteiger partial charge in [-0.1, -0.05) is 12.8 Å². The second-order valence-electron chi connectivity index (χ2n) is 5.56. The molecular weight excluding hydrogens is 216 g/mol. The van der Waals surface area contributed by atoms with Crippen LogP contribution in [0.4, 0.5) is 0 Å². The van der Waals surface area contributed by atoms with Gasteiger partial charge in [0, 0.05) is 12.6 Å². The Balaban J connectivity index is 2.35. The zero-order valence-corrected chi connectivity index (χ0v) is 11.2. The molecule has 1 fully saturated rings. The van der Waals surface area contributed by atoms with Crippen molar-refractivity contribution in [2.45, 2.75) is 44.2 Å². The van der Waals surface area contributed by atoms with Crippen LogP contribution in [0.5, 0.6) is 0 Å². The molecule has 1 saturated carbocycles. The van der Waals surface area contributed by atoms with Gasteiger partial charge in [0.2, 0.25) is 0 Å². The van der Waals surface area contributed by atoms with E-state index in [0.29, 0.717) is 25.1 Å². The largest absolute Gasteiger partial charge is 0.387 e. The lowest BCUT2D eigenvalue weighted by Gasteiger charge is -2.25. The number of rotatable bonds is 5. The minimum Gasteiger partial charge on any atom is -0.387 e. The third-order valence-electron chi connectivity index (χ3n) is 2.95. The molecular formula is C12H26N4O. The predicted molar refractivity (Wildman–Crippen MR) is 71.1 cm³/mol. The van der Waals surface area contributed by atoms with E-state index in [9.17, 15) is 5.11 Å². The van der Waals surface area contributed by atoms with Crippen molar-refractivity contribution in [2.75, 3.05) is 27.2 Å². The Hall–Kier alpha value is -0.810. The first-order valence-electron chi connectivity index (χ1n) is 6.33. The molecule has 0 heterocycles. The summed E-state index contributed by atoms with van der Waals surface area (Å²) in [6, 6.07) is 0.470. The number of aliphatic imine (C=N–C) groups is 1. The van der Waals surface area contributed by atoms with Gasteiger partial charge < -0.3 is 21.1 Å². The normalized spacial score (nSPS) is 21.8. The van der Waals surface area contributed by atoms with E-state index in [-0.39, 0.29) is 0 Å². The van der Waals surface area contributed by atoms with Gasteiger partial charge in [0.25, 0.3) is 0 Å². The van der Waals surface area contributed by atoms with E-state index < -0.39 is 5.60 Å². The highest BCUT2D eigenvalue weighted by Crippen LogP contribution is 2.17. The van der Waals surface area contributed by atoms with Crippen molar-refractivity contribution in [3.05, 3.63) is 0 Å². The molecule has 5 nitrogen and oxygen atoms in total. The maximum atomic E-state index is 10.1. The Bertz CT molecular complexity index is 257. The van der Waals surface area contributed by atoms with E-state index in [1.165, 1.54) is 25.7 Å². The zero-order chi connectivity index (χ0) is 12.9. The first-order valence-corrected chi connectivity index (χ1v) is 6.33. The summed E-state index contributed by atoms with van der Waals surface area (Å²) in [6.45, 7) is 2.68. The fourth-order valence-corrected chi connectivity index (χ4v) is 2.31. The van der Waals surface area contributed by atoms with Gasteiger partial charge in [-0.15, -0.1) is 0 Å². The molecule has 0 amide bonds. The van der Waals surface area contributed by atoms with E-state index in [1.54, 1.807) is 6.92 Å². The third-order valence-corrected chi connectivity index (χ3v) is 2.95. The molecule has 0 aliphatic heterocycles. The summed E-state index contributed by atoms with van der Waals surface area (Å²) < 4.78 is 0. The lowest BCUT2D eigenvalue weighted by atomic mass is 10.1. The number of nitrogens with two attached hydrogens (primary N) is 1. The molecule has 100 valence electrons. The summed E-state index contributed by atoms with van der Waals surface area (Å²) in [6.07, 6.45) is 4.88. The Morgan fingerprint density at radius 2 is 2.06 bits per heavy atom. The number of nitrogens with one attached hydrogen (secondary N) is 1. The van der Waals surface area contributed by atoms with Crippen molar-refractivity contribution in [3.63, 3.8) is 0 Å². The first kappa shape index (κ1) is 14.3. The van der Waals surface area contributed by atoms with Crippen molar-refractivity contribution in [1.82, 2.24) is 10.2 Å². The lowest BCUT2D eigenvalue weighted by Crippen LogP contribution is -2.43. The Morgan fingerprint density at radius 1 is 1.47 bits per heavy atom. The van der Waals surface area contributed by atoms with Crippen molar-refractivity contribution >= 4 is 5.96 Å². The van der Waals surface area contributed by atoms with Crippen LogP contribution in [0.15, 0.2) is 4.99 Å². The second kappa shape index (κ2) is 6.21. The molecule has 1 rings (SSSR count). The summed E-state index contributed by atoms with van der Waals surface area (Å²) in [5, 5.41) is 13.3. The van der Waals surface area contributed by atoms with E-state index in [0.717, 1.165) is 0 Å². The number of nitrogens with zero attached hydrogens (tertiary/aromatic N) is 2. The van der Waals surface area contributed by atoms with E-state index >= 15 is 0 Å². The molecule has 0 radical (unpaired) electrons. The standard InChI is InChI=1S/C12H26N4O/c1-12(17,9-16(2)3)8-14-11(13)15-10-6-4-5-7-10/h10,17H,4-9H2,1-3H3,(H3,13,14,15). The van der Waals surface area contributed by atoms with Crippen LogP contribution in [-0.4, -0.2) is 54.8 Å². The molecule has 1 aliphatic rings. The molecule has 0 aromatic heterocycles. The Labute approximate surface area is 104 Å². The number of guanidine groups is 1. The minimum absolute atomic E-state index is 0.330. The molecule has 1 unspecified atom stereocenters. The van der Waals surface area contributed by atoms with Gasteiger partial charge in [0.05, 0.1) is 12.1 Å². The molecule has 0 aromatic carbocycles. The highest BCUT2D eigenvalue weighted by atomic mass is 16.3. The number of aliphatic hydroxyl groups is 1. The van der Waals surface area contributed by atoms with Crippen LogP contribution in [0.2, 0.25) is 0 Å². The van der Waals surface area contributed by atoms with Crippen LogP contribution >= 0.6 is 0 Å². The molecule has 1 aliphatic carbocycles. The first-order chi connectivity index (χ1) is 7.89. The molecule has 0 aromatic rings. The average Bonchev–Trinajstić information content (AvgIpc) is 2.65. The van der Waals surface area contributed by atoms with Gasteiger partial charge in [0.15, 0.2) is 5.96 Å². The maximum Gasteiger partial charge on any atom is 0.188 e. The zero-order valence-electron chi connectivity index (χ0n) is 11.2. The second-order valence-corrected chi connectivity index (χ2v) is 5.56. The summed E-state index contributed by atoms with van der Waals surface area (Å²) in [5.41, 5.74) is 4.98. The Kier molecular flexibility index (Phi) is 5.21. The number of likely N-dealkylation sites (N-methyl/N-ethyl adjacent to an activating group) is 1. The van der Waals surface area contributed by atoms with Crippen molar-refractivity contribution in [3.8, 4) is 0 Å². The minimum atomic E-state index is -0.828. The SMILES string of the molecule is CN(C)CC(C)(O)CN=C(N)NC1CCCC1.